The van der Waals surface area contributed by atoms with Gasteiger partial charge in [0.25, 0.3) is 0 Å². The number of carboxylic acids is 2. The van der Waals surface area contributed by atoms with Gasteiger partial charge < -0.3 is 67.0 Å². The molecule has 11 N–H and O–H groups in total. The quantitative estimate of drug-likeness (QED) is 0.0360. The number of aromatic nitrogens is 6. The van der Waals surface area contributed by atoms with Gasteiger partial charge in [-0.25, -0.2) is 39.5 Å². The molecular formula is C90H90F3N15O10S2. The van der Waals surface area contributed by atoms with Crippen molar-refractivity contribution in [1.29, 1.82) is 0 Å². The van der Waals surface area contributed by atoms with Crippen molar-refractivity contribution in [1.82, 2.24) is 40.1 Å². The lowest BCUT2D eigenvalue weighted by atomic mass is 10.0. The number of aromatic hydroxyl groups is 2. The number of ether oxygens (including phenoxy) is 3. The number of rotatable bonds is 18. The number of aliphatic imine (C=N–C) groups is 3. The zero-order valence-corrected chi connectivity index (χ0v) is 67.6. The van der Waals surface area contributed by atoms with E-state index < -0.39 is 23.7 Å². The predicted octanol–water partition coefficient (Wildman–Crippen LogP) is 18.3. The summed E-state index contributed by atoms with van der Waals surface area (Å²) in [6.45, 7) is 8.85. The van der Waals surface area contributed by atoms with Crippen molar-refractivity contribution in [3.8, 4) is 55.9 Å². The van der Waals surface area contributed by atoms with Crippen LogP contribution in [-0.4, -0.2) is 140 Å². The Morgan fingerprint density at radius 1 is 0.525 bits per heavy atom. The number of carbonyl (C=O) groups excluding carboxylic acids is 1. The second kappa shape index (κ2) is 41.1. The number of benzene rings is 8. The molecule has 30 heteroatoms. The van der Waals surface area contributed by atoms with Crippen molar-refractivity contribution in [2.24, 2.45) is 15.0 Å². The van der Waals surface area contributed by atoms with Gasteiger partial charge in [0.15, 0.2) is 0 Å². The van der Waals surface area contributed by atoms with E-state index in [1.165, 1.54) is 85.3 Å². The molecule has 2 saturated heterocycles. The lowest BCUT2D eigenvalue weighted by Gasteiger charge is -2.34. The fraction of sp³-hybridized carbons (Fsp3) is 0.244. The fourth-order valence-electron chi connectivity index (χ4n) is 13.1. The van der Waals surface area contributed by atoms with E-state index in [-0.39, 0.29) is 24.3 Å². The molecule has 25 nitrogen and oxygen atoms in total. The molecule has 0 unspecified atom stereocenters. The topological polar surface area (TPSA) is 366 Å². The number of halogens is 3. The monoisotopic (exact) mass is 1660 g/mol. The van der Waals surface area contributed by atoms with Crippen LogP contribution in [0.4, 0.5) is 58.3 Å². The average molecular weight is 1660 g/mol. The number of para-hydroxylation sites is 5. The van der Waals surface area contributed by atoms with E-state index in [1.54, 1.807) is 64.7 Å². The first-order valence-electron chi connectivity index (χ1n) is 38.7. The second-order valence-corrected chi connectivity index (χ2v) is 31.1. The number of carbonyl (C=O) groups is 3. The highest BCUT2D eigenvalue weighted by Gasteiger charge is 2.38. The highest BCUT2D eigenvalue weighted by molar-refractivity contribution is 7.13. The normalized spacial score (nSPS) is 14.8. The smallest absolute Gasteiger partial charge is 0.490 e. The molecule has 5 aliphatic heterocycles. The van der Waals surface area contributed by atoms with Gasteiger partial charge in [0, 0.05) is 99.8 Å². The third kappa shape index (κ3) is 26.0. The highest BCUT2D eigenvalue weighted by Crippen LogP contribution is 2.39. The van der Waals surface area contributed by atoms with Gasteiger partial charge in [-0.1, -0.05) is 115 Å². The lowest BCUT2D eigenvalue weighted by molar-refractivity contribution is -0.192. The third-order valence-electron chi connectivity index (χ3n) is 18.8. The number of amides is 1. The van der Waals surface area contributed by atoms with Gasteiger partial charge >= 0.3 is 24.2 Å². The molecule has 1 amide bonds. The van der Waals surface area contributed by atoms with E-state index in [1.807, 2.05) is 99.6 Å². The molecule has 12 aromatic rings. The predicted molar refractivity (Wildman–Crippen MR) is 463 cm³/mol. The number of likely N-dealkylation sites (tertiary alicyclic amines) is 1. The molecule has 0 saturated carbocycles. The minimum absolute atomic E-state index is 0.000278. The van der Waals surface area contributed by atoms with Crippen molar-refractivity contribution in [3.05, 3.63) is 269 Å². The Kier molecular flexibility index (Phi) is 29.4. The summed E-state index contributed by atoms with van der Waals surface area (Å²) < 4.78 is 49.6. The Bertz CT molecular complexity index is 5530. The van der Waals surface area contributed by atoms with Crippen LogP contribution in [0.15, 0.2) is 245 Å². The molecule has 618 valence electrons. The number of hydrogen-bond acceptors (Lipinski definition) is 24. The van der Waals surface area contributed by atoms with Crippen molar-refractivity contribution in [2.45, 2.75) is 115 Å². The summed E-state index contributed by atoms with van der Waals surface area (Å²) in [5, 5.41) is 43.8. The standard InChI is InChI=1S/C32H34N6O3S.C27H26N6OS.C15H13NO.C8H8O3.C6H8N2.C2HF3O2/c1-32(2,3)41-31(39)38-16-6-8-23(19-38)36-30-33-15-14-27(37-30)28-29(34-20-42-28)40-25-12-10-21(11-13-25)17-24-18-22-7-4-5-9-26(22)35-24;1-2-6-23-19(4-1)15-21(31-23)14-18-7-9-22(10-8-18)34-26-25(35-17-30-26)24-11-13-29-27(33-24)32-20-5-3-12-28-16-20;17-14-7-5-11(6-8-14)9-13-10-12-3-1-2-4-15(12)16-13;9-7-3-1-6(2-4-7)5-8(10)11;7-5-3-1-2-4-6(5)8;3-2(4,5)1(6)7/h4-5,7,9-15,20,23H,6,8,16-19H2,1-3H3,(H,33,36,37);1-2,4,6-11,13,17,20,28H,3,5,12,14-16H2,(H,29,32,33);1-8,17H,9-10H2;1-4,9H,5H2,(H,10,11);1-4H,7-8H2;(H,6,7)/t23-;20-;;;;/m00..../s1. The first-order chi connectivity index (χ1) is 57.8. The van der Waals surface area contributed by atoms with Crippen molar-refractivity contribution in [3.63, 3.8) is 0 Å². The number of phenolic OH excluding ortho intramolecular Hbond substituents is 2. The molecule has 120 heavy (non-hydrogen) atoms. The van der Waals surface area contributed by atoms with Gasteiger partial charge in [0.05, 0.1) is 57.3 Å². The summed E-state index contributed by atoms with van der Waals surface area (Å²) in [5.74, 6) is 0.496. The number of nitrogens with zero attached hydrogens (tertiary/aromatic N) is 10. The summed E-state index contributed by atoms with van der Waals surface area (Å²) in [5.41, 5.74) is 31.6. The molecule has 8 aromatic carbocycles. The number of anilines is 4. The summed E-state index contributed by atoms with van der Waals surface area (Å²) in [4.78, 5) is 76.5. The molecule has 9 heterocycles. The number of nitrogens with one attached hydrogen (secondary N) is 3. The molecule has 0 aliphatic carbocycles. The lowest BCUT2D eigenvalue weighted by Crippen LogP contribution is -2.47. The number of phenols is 2. The van der Waals surface area contributed by atoms with Gasteiger partial charge in [-0.3, -0.25) is 19.8 Å². The first kappa shape index (κ1) is 85.9. The van der Waals surface area contributed by atoms with E-state index in [0.29, 0.717) is 71.2 Å². The van der Waals surface area contributed by atoms with Crippen molar-refractivity contribution in [2.75, 3.05) is 48.3 Å². The molecule has 17 rings (SSSR count). The number of fused-ring (bicyclic) bond motifs is 3. The molecule has 0 bridgehead atoms. The van der Waals surface area contributed by atoms with E-state index in [2.05, 4.69) is 120 Å². The van der Waals surface area contributed by atoms with Crippen molar-refractivity contribution < 1.29 is 62.2 Å². The molecule has 2 fully saturated rings. The SMILES string of the molecule is CC(C)(C)OC(=O)N1CCC[C@H](Nc2nccc(-c3scnc3Oc3ccc(CC4=Nc5ccccc5C4)cc3)n2)C1.Nc1ccccc1N.O=C(O)C(F)(F)F.O=C(O)Cc1ccc(O)cc1.Oc1ccc(CC2=Nc3ccccc3C2)cc1.c1ccc2c(c1)CC(Cc1ccc(Oc3ncsc3-c3ccnc(N[C@H]4CCCNC4)n3)cc1)=N2. The summed E-state index contributed by atoms with van der Waals surface area (Å²) in [7, 11) is 0. The van der Waals surface area contributed by atoms with E-state index >= 15 is 0 Å². The van der Waals surface area contributed by atoms with Crippen molar-refractivity contribution >= 4 is 98.2 Å². The average Bonchev–Trinajstić information content (AvgIpc) is 1.64. The van der Waals surface area contributed by atoms with Gasteiger partial charge in [0.1, 0.15) is 38.4 Å². The van der Waals surface area contributed by atoms with E-state index in [9.17, 15) is 27.9 Å². The van der Waals surface area contributed by atoms with Crippen LogP contribution in [0.1, 0.15) is 85.4 Å². The zero-order chi connectivity index (χ0) is 84.6. The Hall–Kier alpha value is -13.5. The largest absolute Gasteiger partial charge is 0.508 e. The Morgan fingerprint density at radius 3 is 1.32 bits per heavy atom. The summed E-state index contributed by atoms with van der Waals surface area (Å²) in [6.07, 6.45) is 7.46. The van der Waals surface area contributed by atoms with Crippen LogP contribution in [0.3, 0.4) is 0 Å². The maximum atomic E-state index is 12.6. The van der Waals surface area contributed by atoms with Crippen LogP contribution in [0.25, 0.3) is 21.1 Å². The third-order valence-corrected chi connectivity index (χ3v) is 20.5. The van der Waals surface area contributed by atoms with E-state index in [0.717, 1.165) is 121 Å². The van der Waals surface area contributed by atoms with Gasteiger partial charge in [0.2, 0.25) is 23.7 Å². The number of piperidine rings is 2. The van der Waals surface area contributed by atoms with Gasteiger partial charge in [-0.15, -0.1) is 22.7 Å². The molecule has 0 radical (unpaired) electrons. The van der Waals surface area contributed by atoms with Crippen LogP contribution < -0.4 is 36.9 Å². The fourth-order valence-corrected chi connectivity index (χ4v) is 14.5. The minimum Gasteiger partial charge on any atom is -0.508 e. The molecular weight excluding hydrogens is 1570 g/mol. The van der Waals surface area contributed by atoms with Gasteiger partial charge in [-0.05, 0) is 183 Å². The number of hydrogen-bond donors (Lipinski definition) is 9. The zero-order valence-electron chi connectivity index (χ0n) is 66.0. The molecule has 0 spiro atoms. The molecule has 4 aromatic heterocycles. The molecule has 5 aliphatic rings. The molecule has 2 atom stereocenters. The van der Waals surface area contributed by atoms with Crippen LogP contribution in [0.5, 0.6) is 34.8 Å². The minimum atomic E-state index is -5.08. The Labute approximate surface area is 699 Å². The van der Waals surface area contributed by atoms with Crippen LogP contribution >= 0.6 is 22.7 Å². The number of nitrogens with two attached hydrogens (primary N) is 2. The van der Waals surface area contributed by atoms with Crippen LogP contribution in [0.2, 0.25) is 0 Å². The number of carboxylic acid groups (broad SMARTS) is 2. The maximum Gasteiger partial charge on any atom is 0.490 e. The number of nitrogen functional groups attached to an aromatic ring is 2. The van der Waals surface area contributed by atoms with Gasteiger partial charge in [-0.2, -0.15) is 13.2 Å². The summed E-state index contributed by atoms with van der Waals surface area (Å²) in [6, 6.07) is 66.0. The maximum absolute atomic E-state index is 12.6. The Balaban J connectivity index is 0.000000149. The summed E-state index contributed by atoms with van der Waals surface area (Å²) >= 11 is 2.98. The van der Waals surface area contributed by atoms with E-state index in [4.69, 9.17) is 65.7 Å². The Morgan fingerprint density at radius 2 is 0.925 bits per heavy atom. The number of thiazole rings is 2. The number of alkyl halides is 3. The van der Waals surface area contributed by atoms with Crippen LogP contribution in [0, 0.1) is 0 Å². The highest BCUT2D eigenvalue weighted by atomic mass is 32.1. The van der Waals surface area contributed by atoms with Crippen LogP contribution in [-0.2, 0) is 59.3 Å². The first-order valence-corrected chi connectivity index (χ1v) is 40.5. The second-order valence-electron chi connectivity index (χ2n) is 29.4. The number of aliphatic carboxylic acids is 2.